The third-order valence-corrected chi connectivity index (χ3v) is 2.84. The van der Waals surface area contributed by atoms with Gasteiger partial charge in [-0.1, -0.05) is 25.4 Å². The molecular formula is C12H14ClNO. The van der Waals surface area contributed by atoms with Crippen LogP contribution in [0.25, 0.3) is 0 Å². The summed E-state index contributed by atoms with van der Waals surface area (Å²) < 4.78 is 5.28. The van der Waals surface area contributed by atoms with Gasteiger partial charge in [0.05, 0.1) is 12.7 Å². The second kappa shape index (κ2) is 4.55. The van der Waals surface area contributed by atoms with E-state index in [1.54, 1.807) is 7.11 Å². The summed E-state index contributed by atoms with van der Waals surface area (Å²) in [6.07, 6.45) is 0. The van der Waals surface area contributed by atoms with Crippen molar-refractivity contribution in [3.8, 4) is 11.8 Å². The van der Waals surface area contributed by atoms with E-state index in [0.717, 1.165) is 11.1 Å². The van der Waals surface area contributed by atoms with E-state index < -0.39 is 0 Å². The van der Waals surface area contributed by atoms with Crippen LogP contribution in [0.2, 0.25) is 5.02 Å². The maximum Gasteiger partial charge on any atom is 0.140 e. The Morgan fingerprint density at radius 3 is 2.47 bits per heavy atom. The molecule has 0 saturated carbocycles. The molecule has 0 aliphatic carbocycles. The first-order chi connectivity index (χ1) is 7.02. The summed E-state index contributed by atoms with van der Waals surface area (Å²) in [5.41, 5.74) is 2.29. The van der Waals surface area contributed by atoms with Crippen LogP contribution in [0.1, 0.15) is 36.5 Å². The third-order valence-electron chi connectivity index (χ3n) is 2.44. The van der Waals surface area contributed by atoms with E-state index in [4.69, 9.17) is 21.6 Å². The Labute approximate surface area is 95.4 Å². The van der Waals surface area contributed by atoms with Crippen LogP contribution in [0.15, 0.2) is 6.07 Å². The molecule has 0 fully saturated rings. The van der Waals surface area contributed by atoms with Crippen molar-refractivity contribution in [2.45, 2.75) is 26.7 Å². The zero-order chi connectivity index (χ0) is 11.6. The Kier molecular flexibility index (Phi) is 3.60. The topological polar surface area (TPSA) is 33.0 Å². The summed E-state index contributed by atoms with van der Waals surface area (Å²) in [5.74, 6) is 0.930. The van der Waals surface area contributed by atoms with Crippen LogP contribution >= 0.6 is 11.6 Å². The van der Waals surface area contributed by atoms with Crippen molar-refractivity contribution in [1.29, 1.82) is 5.26 Å². The summed E-state index contributed by atoms with van der Waals surface area (Å²) in [4.78, 5) is 0. The molecule has 80 valence electrons. The SMILES string of the molecule is COc1c(C(C)C)cc(Cl)c(C)c1C#N. The van der Waals surface area contributed by atoms with Crippen LogP contribution in [0.5, 0.6) is 5.75 Å². The molecule has 0 unspecified atom stereocenters. The lowest BCUT2D eigenvalue weighted by atomic mass is 9.96. The highest BCUT2D eigenvalue weighted by Crippen LogP contribution is 2.35. The second-order valence-electron chi connectivity index (χ2n) is 3.75. The zero-order valence-electron chi connectivity index (χ0n) is 9.39. The van der Waals surface area contributed by atoms with Gasteiger partial charge in [0.25, 0.3) is 0 Å². The van der Waals surface area contributed by atoms with Gasteiger partial charge in [-0.15, -0.1) is 0 Å². The van der Waals surface area contributed by atoms with Crippen LogP contribution < -0.4 is 4.74 Å². The number of nitrogens with zero attached hydrogens (tertiary/aromatic N) is 1. The lowest BCUT2D eigenvalue weighted by molar-refractivity contribution is 0.406. The molecular weight excluding hydrogens is 210 g/mol. The van der Waals surface area contributed by atoms with E-state index in [0.29, 0.717) is 16.3 Å². The van der Waals surface area contributed by atoms with E-state index in [1.165, 1.54) is 0 Å². The lowest BCUT2D eigenvalue weighted by Gasteiger charge is -2.15. The molecule has 0 atom stereocenters. The van der Waals surface area contributed by atoms with Gasteiger partial charge >= 0.3 is 0 Å². The molecule has 1 aromatic carbocycles. The van der Waals surface area contributed by atoms with Gasteiger partial charge < -0.3 is 4.74 Å². The minimum Gasteiger partial charge on any atom is -0.495 e. The largest absolute Gasteiger partial charge is 0.495 e. The molecule has 0 spiro atoms. The number of nitriles is 1. The first kappa shape index (κ1) is 11.9. The quantitative estimate of drug-likeness (QED) is 0.767. The smallest absolute Gasteiger partial charge is 0.140 e. The maximum absolute atomic E-state index is 9.07. The monoisotopic (exact) mass is 223 g/mol. The second-order valence-corrected chi connectivity index (χ2v) is 4.15. The molecule has 0 saturated heterocycles. The van der Waals surface area contributed by atoms with Gasteiger partial charge in [0, 0.05) is 5.02 Å². The molecule has 0 aromatic heterocycles. The predicted molar refractivity (Wildman–Crippen MR) is 61.5 cm³/mol. The molecule has 0 aliphatic rings. The van der Waals surface area contributed by atoms with Crippen molar-refractivity contribution in [2.75, 3.05) is 7.11 Å². The fourth-order valence-corrected chi connectivity index (χ4v) is 1.74. The van der Waals surface area contributed by atoms with Crippen LogP contribution in [0.4, 0.5) is 0 Å². The van der Waals surface area contributed by atoms with E-state index in [-0.39, 0.29) is 5.92 Å². The highest BCUT2D eigenvalue weighted by molar-refractivity contribution is 6.31. The normalized spacial score (nSPS) is 10.2. The Bertz CT molecular complexity index is 419. The van der Waals surface area contributed by atoms with Gasteiger partial charge in [0.1, 0.15) is 11.8 Å². The molecule has 0 heterocycles. The highest BCUT2D eigenvalue weighted by atomic mass is 35.5. The van der Waals surface area contributed by atoms with Gasteiger partial charge in [0.2, 0.25) is 0 Å². The molecule has 0 N–H and O–H groups in total. The maximum atomic E-state index is 9.07. The number of methoxy groups -OCH3 is 1. The van der Waals surface area contributed by atoms with E-state index in [1.807, 2.05) is 26.8 Å². The molecule has 0 amide bonds. The van der Waals surface area contributed by atoms with Crippen molar-refractivity contribution in [3.05, 3.63) is 27.8 Å². The Balaban J connectivity index is 3.57. The molecule has 15 heavy (non-hydrogen) atoms. The van der Waals surface area contributed by atoms with Crippen molar-refractivity contribution in [2.24, 2.45) is 0 Å². The molecule has 1 aromatic rings. The van der Waals surface area contributed by atoms with E-state index in [9.17, 15) is 0 Å². The van der Waals surface area contributed by atoms with Crippen molar-refractivity contribution < 1.29 is 4.74 Å². The Morgan fingerprint density at radius 1 is 1.47 bits per heavy atom. The number of ether oxygens (including phenoxy) is 1. The minimum absolute atomic E-state index is 0.283. The van der Waals surface area contributed by atoms with Crippen LogP contribution in [-0.2, 0) is 0 Å². The molecule has 1 rings (SSSR count). The minimum atomic E-state index is 0.283. The number of benzene rings is 1. The number of halogens is 1. The third kappa shape index (κ3) is 2.08. The summed E-state index contributed by atoms with van der Waals surface area (Å²) in [6, 6.07) is 4.02. The first-order valence-electron chi connectivity index (χ1n) is 4.80. The molecule has 0 bridgehead atoms. The molecule has 0 aliphatic heterocycles. The standard InChI is InChI=1S/C12H14ClNO/c1-7(2)9-5-11(13)8(3)10(6-14)12(9)15-4/h5,7H,1-4H3. The first-order valence-corrected chi connectivity index (χ1v) is 5.17. The van der Waals surface area contributed by atoms with Crippen molar-refractivity contribution in [3.63, 3.8) is 0 Å². The predicted octanol–water partition coefficient (Wildman–Crippen LogP) is 3.65. The van der Waals surface area contributed by atoms with Gasteiger partial charge in [-0.2, -0.15) is 5.26 Å². The van der Waals surface area contributed by atoms with E-state index >= 15 is 0 Å². The van der Waals surface area contributed by atoms with E-state index in [2.05, 4.69) is 6.07 Å². The number of hydrogen-bond donors (Lipinski definition) is 0. The van der Waals surface area contributed by atoms with Crippen LogP contribution in [0.3, 0.4) is 0 Å². The van der Waals surface area contributed by atoms with Crippen LogP contribution in [-0.4, -0.2) is 7.11 Å². The van der Waals surface area contributed by atoms with Gasteiger partial charge in [0.15, 0.2) is 0 Å². The number of hydrogen-bond acceptors (Lipinski definition) is 2. The fourth-order valence-electron chi connectivity index (χ4n) is 1.53. The highest BCUT2D eigenvalue weighted by Gasteiger charge is 2.16. The fraction of sp³-hybridized carbons (Fsp3) is 0.417. The Hall–Kier alpha value is -1.20. The summed E-state index contributed by atoms with van der Waals surface area (Å²) in [6.45, 7) is 5.92. The summed E-state index contributed by atoms with van der Waals surface area (Å²) in [7, 11) is 1.58. The zero-order valence-corrected chi connectivity index (χ0v) is 10.1. The lowest BCUT2D eigenvalue weighted by Crippen LogP contribution is -2.00. The molecule has 2 nitrogen and oxygen atoms in total. The average molecular weight is 224 g/mol. The summed E-state index contributed by atoms with van der Waals surface area (Å²) in [5, 5.41) is 9.69. The average Bonchev–Trinajstić information content (AvgIpc) is 2.20. The van der Waals surface area contributed by atoms with Gasteiger partial charge in [-0.25, -0.2) is 0 Å². The van der Waals surface area contributed by atoms with Gasteiger partial charge in [-0.3, -0.25) is 0 Å². The van der Waals surface area contributed by atoms with Crippen molar-refractivity contribution >= 4 is 11.6 Å². The van der Waals surface area contributed by atoms with Crippen LogP contribution in [0, 0.1) is 18.3 Å². The van der Waals surface area contributed by atoms with Gasteiger partial charge in [-0.05, 0) is 30.0 Å². The molecule has 3 heteroatoms. The summed E-state index contributed by atoms with van der Waals surface area (Å²) >= 11 is 6.06. The Morgan fingerprint density at radius 2 is 2.07 bits per heavy atom. The number of rotatable bonds is 2. The van der Waals surface area contributed by atoms with Crippen molar-refractivity contribution in [1.82, 2.24) is 0 Å². The molecule has 0 radical (unpaired) electrons.